The number of piperidine rings is 1. The van der Waals surface area contributed by atoms with Crippen LogP contribution in [0.4, 0.5) is 0 Å². The smallest absolute Gasteiger partial charge is 0.287 e. The van der Waals surface area contributed by atoms with Crippen molar-refractivity contribution in [2.24, 2.45) is 0 Å². The Bertz CT molecular complexity index is 734. The van der Waals surface area contributed by atoms with Gasteiger partial charge in [0.05, 0.1) is 5.25 Å². The molecule has 0 aromatic carbocycles. The number of nitrogens with one attached hydrogen (secondary N) is 2. The Balaban J connectivity index is 2.01. The summed E-state index contributed by atoms with van der Waals surface area (Å²) in [6, 6.07) is 1.96. The summed E-state index contributed by atoms with van der Waals surface area (Å²) < 4.78 is 28.9. The molecule has 23 heavy (non-hydrogen) atoms. The molecular weight excluding hydrogens is 324 g/mol. The summed E-state index contributed by atoms with van der Waals surface area (Å²) >= 11 is 0. The van der Waals surface area contributed by atoms with E-state index < -0.39 is 32.9 Å². The molecule has 0 bridgehead atoms. The van der Waals surface area contributed by atoms with Gasteiger partial charge in [0.1, 0.15) is 17.6 Å². The third-order valence-electron chi connectivity index (χ3n) is 3.49. The standard InChI is InChI=1S/C14H18N2O6S/c1-8(2)23(20,21)7-9-3-5-11(22-9)14(19)15-10-4-6-12(17)16-13(10)18/h3,5,8,10H,4,6-7H2,1-2H3,(H,15,19)(H,16,17,18). The highest BCUT2D eigenvalue weighted by molar-refractivity contribution is 7.91. The molecule has 1 aromatic rings. The van der Waals surface area contributed by atoms with Crippen LogP contribution in [0.25, 0.3) is 0 Å². The number of hydrogen-bond acceptors (Lipinski definition) is 6. The lowest BCUT2D eigenvalue weighted by molar-refractivity contribution is -0.134. The number of rotatable bonds is 5. The van der Waals surface area contributed by atoms with Crippen molar-refractivity contribution in [3.8, 4) is 0 Å². The predicted octanol–water partition coefficient (Wildman–Crippen LogP) is 0.138. The first-order valence-corrected chi connectivity index (χ1v) is 8.85. The maximum atomic E-state index is 12.0. The number of carbonyl (C=O) groups is 3. The Morgan fingerprint density at radius 1 is 1.39 bits per heavy atom. The van der Waals surface area contributed by atoms with Gasteiger partial charge < -0.3 is 9.73 Å². The van der Waals surface area contributed by atoms with Gasteiger partial charge in [-0.25, -0.2) is 8.42 Å². The Labute approximate surface area is 133 Å². The first-order valence-electron chi connectivity index (χ1n) is 7.14. The van der Waals surface area contributed by atoms with Gasteiger partial charge in [0.25, 0.3) is 5.91 Å². The van der Waals surface area contributed by atoms with Crippen molar-refractivity contribution in [1.82, 2.24) is 10.6 Å². The molecule has 126 valence electrons. The molecule has 1 atom stereocenters. The maximum absolute atomic E-state index is 12.0. The van der Waals surface area contributed by atoms with Gasteiger partial charge in [0, 0.05) is 6.42 Å². The summed E-state index contributed by atoms with van der Waals surface area (Å²) in [5.74, 6) is -1.79. The molecule has 1 aromatic heterocycles. The molecule has 1 unspecified atom stereocenters. The van der Waals surface area contributed by atoms with E-state index in [-0.39, 0.29) is 36.0 Å². The summed E-state index contributed by atoms with van der Waals surface area (Å²) in [6.07, 6.45) is 0.360. The highest BCUT2D eigenvalue weighted by Crippen LogP contribution is 2.15. The summed E-state index contributed by atoms with van der Waals surface area (Å²) in [7, 11) is -3.33. The quantitative estimate of drug-likeness (QED) is 0.734. The highest BCUT2D eigenvalue weighted by atomic mass is 32.2. The third-order valence-corrected chi connectivity index (χ3v) is 5.61. The van der Waals surface area contributed by atoms with Crippen LogP contribution in [0.15, 0.2) is 16.5 Å². The number of sulfone groups is 1. The molecular formula is C14H18N2O6S. The second kappa shape index (κ2) is 6.53. The Morgan fingerprint density at radius 3 is 2.70 bits per heavy atom. The van der Waals surface area contributed by atoms with Crippen LogP contribution in [-0.4, -0.2) is 37.4 Å². The van der Waals surface area contributed by atoms with Crippen LogP contribution in [0.3, 0.4) is 0 Å². The molecule has 3 amide bonds. The van der Waals surface area contributed by atoms with Crippen molar-refractivity contribution >= 4 is 27.6 Å². The molecule has 9 heteroatoms. The van der Waals surface area contributed by atoms with Crippen LogP contribution >= 0.6 is 0 Å². The number of amides is 3. The molecule has 2 rings (SSSR count). The van der Waals surface area contributed by atoms with Crippen LogP contribution in [-0.2, 0) is 25.2 Å². The lowest BCUT2D eigenvalue weighted by Gasteiger charge is -2.21. The number of carbonyl (C=O) groups excluding carboxylic acids is 3. The van der Waals surface area contributed by atoms with Crippen molar-refractivity contribution in [2.45, 2.75) is 43.7 Å². The van der Waals surface area contributed by atoms with Crippen LogP contribution < -0.4 is 10.6 Å². The number of imide groups is 1. The van der Waals surface area contributed by atoms with Gasteiger partial charge in [-0.1, -0.05) is 0 Å². The minimum Gasteiger partial charge on any atom is -0.455 e. The van der Waals surface area contributed by atoms with Gasteiger partial charge in [-0.3, -0.25) is 19.7 Å². The number of hydrogen-bond donors (Lipinski definition) is 2. The molecule has 0 radical (unpaired) electrons. The molecule has 0 aliphatic carbocycles. The third kappa shape index (κ3) is 4.19. The van der Waals surface area contributed by atoms with E-state index in [9.17, 15) is 22.8 Å². The largest absolute Gasteiger partial charge is 0.455 e. The second-order valence-corrected chi connectivity index (χ2v) is 8.16. The van der Waals surface area contributed by atoms with Gasteiger partial charge in [-0.05, 0) is 32.4 Å². The molecule has 2 heterocycles. The van der Waals surface area contributed by atoms with Crippen LogP contribution in [0.5, 0.6) is 0 Å². The fraction of sp³-hybridized carbons (Fsp3) is 0.500. The molecule has 8 nitrogen and oxygen atoms in total. The lowest BCUT2D eigenvalue weighted by Crippen LogP contribution is -2.52. The van der Waals surface area contributed by atoms with E-state index >= 15 is 0 Å². The minimum absolute atomic E-state index is 0.0799. The normalized spacial score (nSPS) is 18.8. The average Bonchev–Trinajstić information content (AvgIpc) is 2.89. The van der Waals surface area contributed by atoms with E-state index in [0.29, 0.717) is 0 Å². The summed E-state index contributed by atoms with van der Waals surface area (Å²) in [4.78, 5) is 34.7. The van der Waals surface area contributed by atoms with E-state index in [1.54, 1.807) is 13.8 Å². The van der Waals surface area contributed by atoms with Crippen molar-refractivity contribution in [3.63, 3.8) is 0 Å². The predicted molar refractivity (Wildman–Crippen MR) is 80.1 cm³/mol. The average molecular weight is 342 g/mol. The van der Waals surface area contributed by atoms with Gasteiger partial charge in [-0.15, -0.1) is 0 Å². The molecule has 1 aliphatic rings. The zero-order valence-corrected chi connectivity index (χ0v) is 13.6. The van der Waals surface area contributed by atoms with E-state index in [4.69, 9.17) is 4.42 Å². The topological polar surface area (TPSA) is 123 Å². The van der Waals surface area contributed by atoms with Gasteiger partial charge >= 0.3 is 0 Å². The van der Waals surface area contributed by atoms with Crippen molar-refractivity contribution in [3.05, 3.63) is 23.7 Å². The van der Waals surface area contributed by atoms with Crippen LogP contribution in [0.2, 0.25) is 0 Å². The molecule has 1 saturated heterocycles. The van der Waals surface area contributed by atoms with Gasteiger partial charge in [0.15, 0.2) is 15.6 Å². The maximum Gasteiger partial charge on any atom is 0.287 e. The van der Waals surface area contributed by atoms with E-state index in [1.807, 2.05) is 0 Å². The Hall–Kier alpha value is -2.16. The van der Waals surface area contributed by atoms with Gasteiger partial charge in [-0.2, -0.15) is 0 Å². The Kier molecular flexibility index (Phi) is 4.88. The molecule has 2 N–H and O–H groups in total. The summed E-state index contributed by atoms with van der Waals surface area (Å²) in [6.45, 7) is 3.13. The molecule has 0 spiro atoms. The van der Waals surface area contributed by atoms with Crippen LogP contribution in [0.1, 0.15) is 43.0 Å². The Morgan fingerprint density at radius 2 is 2.09 bits per heavy atom. The summed E-state index contributed by atoms with van der Waals surface area (Å²) in [5.41, 5.74) is 0. The van der Waals surface area contributed by atoms with E-state index in [1.165, 1.54) is 12.1 Å². The fourth-order valence-electron chi connectivity index (χ4n) is 2.00. The summed E-state index contributed by atoms with van der Waals surface area (Å²) in [5, 5.41) is 4.04. The van der Waals surface area contributed by atoms with Crippen molar-refractivity contribution < 1.29 is 27.2 Å². The van der Waals surface area contributed by atoms with E-state index in [0.717, 1.165) is 0 Å². The lowest BCUT2D eigenvalue weighted by atomic mass is 10.1. The van der Waals surface area contributed by atoms with Gasteiger partial charge in [0.2, 0.25) is 11.8 Å². The van der Waals surface area contributed by atoms with E-state index in [2.05, 4.69) is 10.6 Å². The fourth-order valence-corrected chi connectivity index (χ4v) is 2.89. The minimum atomic E-state index is -3.33. The van der Waals surface area contributed by atoms with Crippen molar-refractivity contribution in [1.29, 1.82) is 0 Å². The highest BCUT2D eigenvalue weighted by Gasteiger charge is 2.29. The van der Waals surface area contributed by atoms with Crippen molar-refractivity contribution in [2.75, 3.05) is 0 Å². The monoisotopic (exact) mass is 342 g/mol. The molecule has 1 aliphatic heterocycles. The zero-order chi connectivity index (χ0) is 17.2. The first kappa shape index (κ1) is 17.2. The first-order chi connectivity index (χ1) is 10.7. The molecule has 0 saturated carbocycles. The SMILES string of the molecule is CC(C)S(=O)(=O)Cc1ccc(C(=O)NC2CCC(=O)NC2=O)o1. The zero-order valence-electron chi connectivity index (χ0n) is 12.8. The second-order valence-electron chi connectivity index (χ2n) is 5.60. The van der Waals surface area contributed by atoms with Crippen LogP contribution in [0, 0.1) is 0 Å². The number of furan rings is 1. The molecule has 1 fully saturated rings.